The van der Waals surface area contributed by atoms with Crippen molar-refractivity contribution in [3.8, 4) is 0 Å². The molecule has 0 saturated carbocycles. The third-order valence-corrected chi connectivity index (χ3v) is 5.82. The van der Waals surface area contributed by atoms with Gasteiger partial charge in [-0.2, -0.15) is 0 Å². The summed E-state index contributed by atoms with van der Waals surface area (Å²) < 4.78 is 28.0. The van der Waals surface area contributed by atoms with Crippen LogP contribution in [0, 0.1) is 10.8 Å². The summed E-state index contributed by atoms with van der Waals surface area (Å²) in [5.41, 5.74) is 0.0826. The van der Waals surface area contributed by atoms with E-state index in [1.807, 2.05) is 13.8 Å². The van der Waals surface area contributed by atoms with Crippen LogP contribution in [0.4, 0.5) is 0 Å². The monoisotopic (exact) mass is 379 g/mol. The van der Waals surface area contributed by atoms with Crippen molar-refractivity contribution in [2.75, 3.05) is 25.6 Å². The molecule has 0 aromatic carbocycles. The molecular weight excluding hydrogens is 338 g/mol. The summed E-state index contributed by atoms with van der Waals surface area (Å²) in [5.74, 6) is 0.0367. The van der Waals surface area contributed by atoms with Crippen LogP contribution < -0.4 is 5.14 Å². The molecule has 0 aliphatic carbocycles. The number of aliphatic hydroxyl groups excluding tert-OH is 1. The van der Waals surface area contributed by atoms with Gasteiger partial charge in [-0.1, -0.05) is 47.0 Å². The molecular formula is C19H41NO4S. The lowest BCUT2D eigenvalue weighted by Crippen LogP contribution is -2.29. The average Bonchev–Trinajstić information content (AvgIpc) is 2.43. The lowest BCUT2D eigenvalue weighted by atomic mass is 9.82. The van der Waals surface area contributed by atoms with Gasteiger partial charge < -0.3 is 9.84 Å². The standard InChI is InChI=1S/C19H41NO4S/c1-18(2,11-5-8-14-21)12-6-9-15-24-16-10-7-13-19(3,4)17-25(20,22)23/h21H,5-17H2,1-4H3,(H2,20,22,23). The minimum atomic E-state index is -3.40. The van der Waals surface area contributed by atoms with E-state index in [0.717, 1.165) is 51.7 Å². The number of sulfonamides is 1. The number of primary sulfonamides is 1. The van der Waals surface area contributed by atoms with Gasteiger partial charge in [0.25, 0.3) is 0 Å². The van der Waals surface area contributed by atoms with E-state index in [0.29, 0.717) is 12.0 Å². The Labute approximate surface area is 155 Å². The molecule has 3 N–H and O–H groups in total. The van der Waals surface area contributed by atoms with Gasteiger partial charge >= 0.3 is 0 Å². The van der Waals surface area contributed by atoms with Crippen molar-refractivity contribution < 1.29 is 18.3 Å². The second-order valence-electron chi connectivity index (χ2n) is 8.84. The highest BCUT2D eigenvalue weighted by atomic mass is 32.2. The molecule has 0 aromatic heterocycles. The summed E-state index contributed by atoms with van der Waals surface area (Å²) >= 11 is 0. The summed E-state index contributed by atoms with van der Waals surface area (Å²) in [5, 5.41) is 14.0. The zero-order valence-corrected chi connectivity index (χ0v) is 17.7. The van der Waals surface area contributed by atoms with Crippen molar-refractivity contribution in [2.24, 2.45) is 16.0 Å². The molecule has 0 atom stereocenters. The minimum Gasteiger partial charge on any atom is -0.396 e. The SMILES string of the molecule is CC(C)(CCCCO)CCCCOCCCCC(C)(C)CS(N)(=O)=O. The minimum absolute atomic E-state index is 0.0367. The fraction of sp³-hybridized carbons (Fsp3) is 1.00. The number of rotatable bonds is 16. The van der Waals surface area contributed by atoms with E-state index in [1.165, 1.54) is 19.3 Å². The molecule has 0 aliphatic heterocycles. The first-order chi connectivity index (χ1) is 11.5. The second-order valence-corrected chi connectivity index (χ2v) is 10.5. The van der Waals surface area contributed by atoms with E-state index in [-0.39, 0.29) is 11.2 Å². The van der Waals surface area contributed by atoms with Gasteiger partial charge in [0, 0.05) is 19.8 Å². The molecule has 0 radical (unpaired) electrons. The molecule has 0 amide bonds. The first-order valence-corrected chi connectivity index (χ1v) is 11.4. The van der Waals surface area contributed by atoms with E-state index < -0.39 is 10.0 Å². The van der Waals surface area contributed by atoms with Gasteiger partial charge in [0.15, 0.2) is 0 Å². The maximum atomic E-state index is 11.2. The fourth-order valence-corrected chi connectivity index (χ4v) is 4.41. The summed E-state index contributed by atoms with van der Waals surface area (Å²) in [6.45, 7) is 10.3. The molecule has 152 valence electrons. The average molecular weight is 380 g/mol. The van der Waals surface area contributed by atoms with Crippen LogP contribution >= 0.6 is 0 Å². The van der Waals surface area contributed by atoms with Gasteiger partial charge in [0.05, 0.1) is 5.75 Å². The van der Waals surface area contributed by atoms with E-state index in [2.05, 4.69) is 13.8 Å². The first kappa shape index (κ1) is 24.8. The number of aliphatic hydroxyl groups is 1. The van der Waals surface area contributed by atoms with Crippen molar-refractivity contribution >= 4 is 10.0 Å². The first-order valence-electron chi connectivity index (χ1n) is 9.67. The largest absolute Gasteiger partial charge is 0.396 e. The third-order valence-electron chi connectivity index (χ3n) is 4.64. The lowest BCUT2D eigenvalue weighted by molar-refractivity contribution is 0.120. The number of hydrogen-bond acceptors (Lipinski definition) is 4. The molecule has 0 rings (SSSR count). The Morgan fingerprint density at radius 1 is 0.800 bits per heavy atom. The second kappa shape index (κ2) is 12.3. The van der Waals surface area contributed by atoms with Crippen LogP contribution in [-0.4, -0.2) is 39.1 Å². The molecule has 5 nitrogen and oxygen atoms in total. The molecule has 0 fully saturated rings. The van der Waals surface area contributed by atoms with Crippen LogP contribution in [0.5, 0.6) is 0 Å². The maximum absolute atomic E-state index is 11.2. The van der Waals surface area contributed by atoms with E-state index in [9.17, 15) is 8.42 Å². The molecule has 0 unspecified atom stereocenters. The quantitative estimate of drug-likeness (QED) is 0.399. The number of unbranched alkanes of at least 4 members (excludes halogenated alkanes) is 3. The van der Waals surface area contributed by atoms with Crippen LogP contribution in [0.1, 0.15) is 85.5 Å². The zero-order valence-electron chi connectivity index (χ0n) is 16.8. The highest BCUT2D eigenvalue weighted by molar-refractivity contribution is 7.89. The normalized spacial score (nSPS) is 13.4. The molecule has 25 heavy (non-hydrogen) atoms. The summed E-state index contributed by atoms with van der Waals surface area (Å²) in [7, 11) is -3.40. The van der Waals surface area contributed by atoms with Crippen LogP contribution in [-0.2, 0) is 14.8 Å². The van der Waals surface area contributed by atoms with Gasteiger partial charge in [0.2, 0.25) is 10.0 Å². The highest BCUT2D eigenvalue weighted by Crippen LogP contribution is 2.29. The van der Waals surface area contributed by atoms with Gasteiger partial charge in [-0.25, -0.2) is 13.6 Å². The smallest absolute Gasteiger partial charge is 0.209 e. The van der Waals surface area contributed by atoms with Crippen molar-refractivity contribution in [3.05, 3.63) is 0 Å². The molecule has 0 aliphatic rings. The lowest BCUT2D eigenvalue weighted by Gasteiger charge is -2.24. The molecule has 0 spiro atoms. The van der Waals surface area contributed by atoms with E-state index in [1.54, 1.807) is 0 Å². The molecule has 0 saturated heterocycles. The topological polar surface area (TPSA) is 89.6 Å². The Bertz CT molecular complexity index is 433. The Kier molecular flexibility index (Phi) is 12.2. The molecule has 0 heterocycles. The Balaban J connectivity index is 3.58. The predicted molar refractivity (Wildman–Crippen MR) is 105 cm³/mol. The molecule has 6 heteroatoms. The van der Waals surface area contributed by atoms with Crippen LogP contribution in [0.25, 0.3) is 0 Å². The third kappa shape index (κ3) is 17.0. The van der Waals surface area contributed by atoms with Gasteiger partial charge in [-0.3, -0.25) is 0 Å². The number of hydrogen-bond donors (Lipinski definition) is 2. The Hall–Kier alpha value is -0.170. The number of nitrogens with two attached hydrogens (primary N) is 1. The Morgan fingerprint density at radius 3 is 1.68 bits per heavy atom. The summed E-state index contributed by atoms with van der Waals surface area (Å²) in [6, 6.07) is 0. The van der Waals surface area contributed by atoms with Crippen molar-refractivity contribution in [1.82, 2.24) is 0 Å². The fourth-order valence-electron chi connectivity index (χ4n) is 3.17. The van der Waals surface area contributed by atoms with Crippen molar-refractivity contribution in [2.45, 2.75) is 85.5 Å². The van der Waals surface area contributed by atoms with Gasteiger partial charge in [-0.05, 0) is 49.4 Å². The summed E-state index contributed by atoms with van der Waals surface area (Å²) in [6.07, 6.45) is 9.39. The van der Waals surface area contributed by atoms with E-state index >= 15 is 0 Å². The van der Waals surface area contributed by atoms with Crippen LogP contribution in [0.2, 0.25) is 0 Å². The van der Waals surface area contributed by atoms with Crippen molar-refractivity contribution in [3.63, 3.8) is 0 Å². The van der Waals surface area contributed by atoms with Gasteiger partial charge in [0.1, 0.15) is 0 Å². The number of ether oxygens (including phenoxy) is 1. The molecule has 0 bridgehead atoms. The van der Waals surface area contributed by atoms with Crippen LogP contribution in [0.15, 0.2) is 0 Å². The highest BCUT2D eigenvalue weighted by Gasteiger charge is 2.23. The molecule has 0 aromatic rings. The van der Waals surface area contributed by atoms with Crippen LogP contribution in [0.3, 0.4) is 0 Å². The predicted octanol–water partition coefficient (Wildman–Crippen LogP) is 3.85. The van der Waals surface area contributed by atoms with Crippen molar-refractivity contribution in [1.29, 1.82) is 0 Å². The maximum Gasteiger partial charge on any atom is 0.209 e. The Morgan fingerprint density at radius 2 is 1.24 bits per heavy atom. The zero-order chi connectivity index (χ0) is 19.4. The van der Waals surface area contributed by atoms with E-state index in [4.69, 9.17) is 15.0 Å². The van der Waals surface area contributed by atoms with Gasteiger partial charge in [-0.15, -0.1) is 0 Å². The summed E-state index contributed by atoms with van der Waals surface area (Å²) in [4.78, 5) is 0.